The molecule has 2 unspecified atom stereocenters. The summed E-state index contributed by atoms with van der Waals surface area (Å²) in [6.45, 7) is 2.90. The normalized spacial score (nSPS) is 22.9. The zero-order valence-corrected chi connectivity index (χ0v) is 40.3. The molecule has 0 aromatic rings. The van der Waals surface area contributed by atoms with Gasteiger partial charge < -0.3 is 53.8 Å². The molecular formula is C41H80O19P3-. The second-order valence-corrected chi connectivity index (χ2v) is 20.4. The number of ether oxygens (including phenoxy) is 2. The molecule has 1 rings (SSSR count). The van der Waals surface area contributed by atoms with E-state index in [1.54, 1.807) is 0 Å². The van der Waals surface area contributed by atoms with E-state index in [0.29, 0.717) is 12.8 Å². The van der Waals surface area contributed by atoms with Crippen molar-refractivity contribution in [2.75, 3.05) is 13.2 Å². The van der Waals surface area contributed by atoms with Gasteiger partial charge in [0.1, 0.15) is 43.2 Å². The molecule has 0 aromatic heterocycles. The Balaban J connectivity index is 2.76. The number of aliphatic hydroxyl groups is 3. The summed E-state index contributed by atoms with van der Waals surface area (Å²) in [5.74, 6) is -1.31. The zero-order chi connectivity index (χ0) is 47.2. The Bertz CT molecular complexity index is 1310. The summed E-state index contributed by atoms with van der Waals surface area (Å²) in [7, 11) is -16.9. The Labute approximate surface area is 374 Å². The number of hydrogen-bond acceptors (Lipinski definition) is 15. The number of phosphoric ester groups is 3. The highest BCUT2D eigenvalue weighted by atomic mass is 31.2. The second-order valence-electron chi connectivity index (χ2n) is 16.7. The van der Waals surface area contributed by atoms with Gasteiger partial charge in [-0.1, -0.05) is 168 Å². The first-order chi connectivity index (χ1) is 29.8. The number of phosphoric acid groups is 3. The molecule has 1 saturated carbocycles. The van der Waals surface area contributed by atoms with Gasteiger partial charge in [0.15, 0.2) is 6.10 Å². The first kappa shape index (κ1) is 60.2. The van der Waals surface area contributed by atoms with Crippen LogP contribution in [-0.4, -0.2) is 103 Å². The van der Waals surface area contributed by atoms with Crippen molar-refractivity contribution in [1.82, 2.24) is 0 Å². The van der Waals surface area contributed by atoms with E-state index in [9.17, 15) is 58.2 Å². The molecule has 0 heterocycles. The predicted molar refractivity (Wildman–Crippen MR) is 232 cm³/mol. The van der Waals surface area contributed by atoms with Crippen LogP contribution in [0.5, 0.6) is 0 Å². The summed E-state index contributed by atoms with van der Waals surface area (Å²) in [6, 6.07) is 0. The fraction of sp³-hybridized carbons (Fsp3) is 0.951. The van der Waals surface area contributed by atoms with E-state index in [1.165, 1.54) is 96.3 Å². The van der Waals surface area contributed by atoms with Crippen molar-refractivity contribution in [1.29, 1.82) is 0 Å². The van der Waals surface area contributed by atoms with Crippen LogP contribution in [-0.2, 0) is 50.9 Å². The summed E-state index contributed by atoms with van der Waals surface area (Å²) < 4.78 is 65.1. The van der Waals surface area contributed by atoms with Crippen molar-refractivity contribution in [2.45, 2.75) is 236 Å². The van der Waals surface area contributed by atoms with Gasteiger partial charge in [-0.05, 0) is 12.8 Å². The smallest absolute Gasteiger partial charge is 0.472 e. The van der Waals surface area contributed by atoms with E-state index in [-0.39, 0.29) is 12.8 Å². The van der Waals surface area contributed by atoms with E-state index in [0.717, 1.165) is 57.8 Å². The first-order valence-corrected chi connectivity index (χ1v) is 27.8. The Kier molecular flexibility index (Phi) is 32.9. The maximum absolute atomic E-state index is 13.1. The number of unbranched alkanes of at least 4 members (excludes halogenated alkanes) is 24. The third-order valence-electron chi connectivity index (χ3n) is 10.9. The molecule has 22 heteroatoms. The highest BCUT2D eigenvalue weighted by Gasteiger charge is 2.56. The third-order valence-corrected chi connectivity index (χ3v) is 12.9. The molecule has 1 aliphatic carbocycles. The molecule has 374 valence electrons. The van der Waals surface area contributed by atoms with Crippen LogP contribution in [0.15, 0.2) is 0 Å². The summed E-state index contributed by atoms with van der Waals surface area (Å²) in [5, 5.41) is 31.7. The average molecular weight is 970 g/mol. The summed E-state index contributed by atoms with van der Waals surface area (Å²) in [5.41, 5.74) is 0. The van der Waals surface area contributed by atoms with Crippen LogP contribution in [0.4, 0.5) is 0 Å². The van der Waals surface area contributed by atoms with Gasteiger partial charge in [-0.3, -0.25) is 27.7 Å². The van der Waals surface area contributed by atoms with E-state index in [1.807, 2.05) is 0 Å². The fourth-order valence-electron chi connectivity index (χ4n) is 7.41. The van der Waals surface area contributed by atoms with Crippen molar-refractivity contribution in [3.8, 4) is 0 Å². The second kappa shape index (κ2) is 34.4. The Morgan fingerprint density at radius 2 is 0.825 bits per heavy atom. The molecule has 1 aliphatic rings. The van der Waals surface area contributed by atoms with Crippen molar-refractivity contribution in [3.63, 3.8) is 0 Å². The highest BCUT2D eigenvalue weighted by molar-refractivity contribution is 7.47. The van der Waals surface area contributed by atoms with Gasteiger partial charge in [0.25, 0.3) is 7.82 Å². The van der Waals surface area contributed by atoms with Gasteiger partial charge in [0.05, 0.1) is 6.61 Å². The molecule has 0 radical (unpaired) electrons. The van der Waals surface area contributed by atoms with Crippen LogP contribution in [0.25, 0.3) is 0 Å². The molecule has 0 aliphatic heterocycles. The Hall–Kier alpha value is -0.850. The minimum Gasteiger partial charge on any atom is -0.756 e. The van der Waals surface area contributed by atoms with Gasteiger partial charge in [-0.15, -0.1) is 0 Å². The Morgan fingerprint density at radius 1 is 0.492 bits per heavy atom. The summed E-state index contributed by atoms with van der Waals surface area (Å²) in [4.78, 5) is 75.1. The third kappa shape index (κ3) is 30.9. The van der Waals surface area contributed by atoms with Crippen molar-refractivity contribution in [3.05, 3.63) is 0 Å². The molecule has 1 fully saturated rings. The minimum atomic E-state index is -5.79. The molecule has 7 N–H and O–H groups in total. The molecule has 19 nitrogen and oxygen atoms in total. The van der Waals surface area contributed by atoms with Crippen molar-refractivity contribution in [2.24, 2.45) is 0 Å². The quantitative estimate of drug-likeness (QED) is 0.0180. The van der Waals surface area contributed by atoms with Crippen molar-refractivity contribution < 1.29 is 90.6 Å². The topological polar surface area (TPSA) is 305 Å². The lowest BCUT2D eigenvalue weighted by molar-refractivity contribution is -0.254. The van der Waals surface area contributed by atoms with E-state index < -0.39 is 91.3 Å². The maximum atomic E-state index is 13.1. The molecule has 0 spiro atoms. The number of hydrogen-bond donors (Lipinski definition) is 7. The molecule has 0 amide bonds. The largest absolute Gasteiger partial charge is 0.756 e. The summed E-state index contributed by atoms with van der Waals surface area (Å²) in [6.07, 6.45) is 12.4. The Morgan fingerprint density at radius 3 is 1.19 bits per heavy atom. The molecule has 0 bridgehead atoms. The maximum Gasteiger partial charge on any atom is 0.472 e. The number of aliphatic hydroxyl groups excluding tert-OH is 3. The van der Waals surface area contributed by atoms with Crippen LogP contribution >= 0.6 is 23.5 Å². The van der Waals surface area contributed by atoms with Gasteiger partial charge in [0.2, 0.25) is 0 Å². The monoisotopic (exact) mass is 969 g/mol. The average Bonchev–Trinajstić information content (AvgIpc) is 3.20. The first-order valence-electron chi connectivity index (χ1n) is 23.3. The number of esters is 2. The highest BCUT2D eigenvalue weighted by Crippen LogP contribution is 2.50. The minimum absolute atomic E-state index is 0.00594. The van der Waals surface area contributed by atoms with Gasteiger partial charge >= 0.3 is 27.6 Å². The van der Waals surface area contributed by atoms with Crippen molar-refractivity contribution >= 4 is 35.4 Å². The predicted octanol–water partition coefficient (Wildman–Crippen LogP) is 7.33. The number of rotatable bonds is 40. The standard InChI is InChI=1S/C41H81O19P3/c1-3-5-7-9-11-13-15-17-19-21-23-25-27-29-34(42)55-31-33(57-35(43)30-28-26-24-22-20-18-16-14-12-10-8-6-4-2)32-56-63(53,54)60-41-37(45)39(58-61(47,48)49)36(44)40(38(41)46)59-62(50,51)52/h33,36-41,44-46H,3-32H2,1-2H3,(H,53,54)(H2,47,48,49)(H2,50,51,52)/p-1/t33-,36-,37-,38-,39-,40+,41-/m1/s1. The van der Waals surface area contributed by atoms with E-state index >= 15 is 0 Å². The SMILES string of the molecule is CCCCCCCCCCCCCCCC(=O)OC[C@H](COP(=O)(O)O[C@@H]1[C@H](O)[C@H](OP(=O)([O-])O)[C@@H](O)[C@H](OP(=O)(O)O)[C@H]1O)OC(=O)CCCCCCCCCCCCCCC. The molecule has 63 heavy (non-hydrogen) atoms. The number of carbonyl (C=O) groups is 2. The zero-order valence-electron chi connectivity index (χ0n) is 37.6. The fourth-order valence-corrected chi connectivity index (χ4v) is 9.50. The van der Waals surface area contributed by atoms with Crippen LogP contribution in [0.2, 0.25) is 0 Å². The van der Waals surface area contributed by atoms with Crippen LogP contribution in [0.3, 0.4) is 0 Å². The van der Waals surface area contributed by atoms with Gasteiger partial charge in [0, 0.05) is 12.8 Å². The summed E-state index contributed by atoms with van der Waals surface area (Å²) >= 11 is 0. The lowest BCUT2D eigenvalue weighted by atomic mass is 9.85. The van der Waals surface area contributed by atoms with E-state index in [4.69, 9.17) is 23.4 Å². The van der Waals surface area contributed by atoms with E-state index in [2.05, 4.69) is 22.9 Å². The molecular weight excluding hydrogens is 889 g/mol. The van der Waals surface area contributed by atoms with Crippen LogP contribution in [0.1, 0.15) is 194 Å². The molecule has 0 aromatic carbocycles. The van der Waals surface area contributed by atoms with Crippen LogP contribution in [0, 0.1) is 0 Å². The number of carbonyl (C=O) groups excluding carboxylic acids is 2. The molecule has 0 saturated heterocycles. The van der Waals surface area contributed by atoms with Crippen LogP contribution < -0.4 is 4.89 Å². The lowest BCUT2D eigenvalue weighted by Gasteiger charge is -2.45. The van der Waals surface area contributed by atoms with Gasteiger partial charge in [-0.25, -0.2) is 9.13 Å². The molecule has 9 atom stereocenters. The van der Waals surface area contributed by atoms with Gasteiger partial charge in [-0.2, -0.15) is 0 Å². The lowest BCUT2D eigenvalue weighted by Crippen LogP contribution is -2.65.